The van der Waals surface area contributed by atoms with E-state index in [1.807, 2.05) is 0 Å². The fourth-order valence-corrected chi connectivity index (χ4v) is 0.922. The molecule has 0 bridgehead atoms. The third-order valence-corrected chi connectivity index (χ3v) is 2.27. The van der Waals surface area contributed by atoms with Crippen molar-refractivity contribution in [3.8, 4) is 0 Å². The number of carboxylic acid groups (broad SMARTS) is 1. The first kappa shape index (κ1) is 12.6. The average molecular weight is 240 g/mol. The van der Waals surface area contributed by atoms with Crippen molar-refractivity contribution < 1.29 is 27.9 Å². The van der Waals surface area contributed by atoms with Gasteiger partial charge in [-0.1, -0.05) is 0 Å². The zero-order chi connectivity index (χ0) is 12.6. The Hall–Kier alpha value is -1.47. The zero-order valence-corrected chi connectivity index (χ0v) is 8.39. The molecule has 5 nitrogen and oxygen atoms in total. The summed E-state index contributed by atoms with van der Waals surface area (Å²) >= 11 is 0. The lowest BCUT2D eigenvalue weighted by Gasteiger charge is -2.28. The summed E-state index contributed by atoms with van der Waals surface area (Å²) in [6.45, 7) is 0.405. The van der Waals surface area contributed by atoms with Gasteiger partial charge in [-0.25, -0.2) is 9.59 Å². The van der Waals surface area contributed by atoms with Gasteiger partial charge < -0.3 is 15.7 Å². The Morgan fingerprint density at radius 3 is 2.12 bits per heavy atom. The monoisotopic (exact) mass is 240 g/mol. The van der Waals surface area contributed by atoms with Gasteiger partial charge in [0.1, 0.15) is 0 Å². The maximum atomic E-state index is 12.4. The summed E-state index contributed by atoms with van der Waals surface area (Å²) in [4.78, 5) is 21.6. The summed E-state index contributed by atoms with van der Waals surface area (Å²) in [5.74, 6) is -2.15. The molecule has 0 aromatic carbocycles. The second-order valence-electron chi connectivity index (χ2n) is 3.80. The number of alkyl halides is 3. The number of carboxylic acids is 1. The van der Waals surface area contributed by atoms with Gasteiger partial charge in [0.05, 0.1) is 0 Å². The number of aliphatic carboxylic acids is 1. The van der Waals surface area contributed by atoms with Gasteiger partial charge in [-0.3, -0.25) is 0 Å². The Kier molecular flexibility index (Phi) is 3.02. The van der Waals surface area contributed by atoms with E-state index in [0.717, 1.165) is 0 Å². The van der Waals surface area contributed by atoms with Crippen LogP contribution in [0.2, 0.25) is 0 Å². The smallest absolute Gasteiger partial charge is 0.422 e. The molecule has 0 aromatic rings. The molecule has 3 N–H and O–H groups in total. The molecular weight excluding hydrogens is 229 g/mol. The normalized spacial score (nSPS) is 19.8. The van der Waals surface area contributed by atoms with Gasteiger partial charge >= 0.3 is 18.2 Å². The Morgan fingerprint density at radius 2 is 1.81 bits per heavy atom. The van der Waals surface area contributed by atoms with Crippen molar-refractivity contribution in [1.82, 2.24) is 10.6 Å². The molecule has 1 unspecified atom stereocenters. The standard InChI is InChI=1S/C8H11F3N2O3/c1-7(5(14)15,8(9,10)11)13-6(16)12-4-2-3-4/h4H,2-3H2,1H3,(H,14,15)(H2,12,13,16). The van der Waals surface area contributed by atoms with Gasteiger partial charge in [0.25, 0.3) is 0 Å². The Bertz CT molecular complexity index is 314. The second-order valence-corrected chi connectivity index (χ2v) is 3.80. The van der Waals surface area contributed by atoms with Crippen molar-refractivity contribution in [2.45, 2.75) is 37.5 Å². The number of rotatable bonds is 3. The molecular formula is C8H11F3N2O3. The van der Waals surface area contributed by atoms with Crippen molar-refractivity contribution in [2.75, 3.05) is 0 Å². The third kappa shape index (κ3) is 2.56. The highest BCUT2D eigenvalue weighted by Crippen LogP contribution is 2.30. The number of amides is 2. The molecule has 2 amide bonds. The minimum absolute atomic E-state index is 0.147. The lowest BCUT2D eigenvalue weighted by Crippen LogP contribution is -2.63. The van der Waals surface area contributed by atoms with E-state index >= 15 is 0 Å². The van der Waals surface area contributed by atoms with E-state index in [4.69, 9.17) is 5.11 Å². The first-order valence-electron chi connectivity index (χ1n) is 4.55. The quantitative estimate of drug-likeness (QED) is 0.684. The van der Waals surface area contributed by atoms with E-state index in [1.54, 1.807) is 0 Å². The molecule has 1 fully saturated rings. The summed E-state index contributed by atoms with van der Waals surface area (Å²) in [5.41, 5.74) is -3.27. The molecule has 1 aliphatic rings. The summed E-state index contributed by atoms with van der Waals surface area (Å²) in [6.07, 6.45) is -3.66. The third-order valence-electron chi connectivity index (χ3n) is 2.27. The van der Waals surface area contributed by atoms with Crippen LogP contribution in [0.5, 0.6) is 0 Å². The lowest BCUT2D eigenvalue weighted by molar-refractivity contribution is -0.203. The van der Waals surface area contributed by atoms with Crippen molar-refractivity contribution >= 4 is 12.0 Å². The van der Waals surface area contributed by atoms with Gasteiger partial charge in [-0.15, -0.1) is 0 Å². The molecule has 92 valence electrons. The molecule has 1 aliphatic carbocycles. The van der Waals surface area contributed by atoms with Crippen LogP contribution in [0.4, 0.5) is 18.0 Å². The number of hydrogen-bond acceptors (Lipinski definition) is 2. The number of urea groups is 1. The summed E-state index contributed by atoms with van der Waals surface area (Å²) in [7, 11) is 0. The van der Waals surface area contributed by atoms with Crippen LogP contribution < -0.4 is 10.6 Å². The minimum Gasteiger partial charge on any atom is -0.479 e. The highest BCUT2D eigenvalue weighted by Gasteiger charge is 2.58. The highest BCUT2D eigenvalue weighted by atomic mass is 19.4. The molecule has 1 saturated carbocycles. The first-order valence-corrected chi connectivity index (χ1v) is 4.55. The van der Waals surface area contributed by atoms with Crippen LogP contribution in [0.1, 0.15) is 19.8 Å². The molecule has 0 heterocycles. The second kappa shape index (κ2) is 3.84. The largest absolute Gasteiger partial charge is 0.479 e. The lowest BCUT2D eigenvalue weighted by atomic mass is 10.0. The molecule has 0 saturated heterocycles. The molecule has 8 heteroatoms. The fourth-order valence-electron chi connectivity index (χ4n) is 0.922. The molecule has 1 rings (SSSR count). The Labute approximate surface area is 89.0 Å². The number of hydrogen-bond donors (Lipinski definition) is 3. The topological polar surface area (TPSA) is 78.4 Å². The van der Waals surface area contributed by atoms with Crippen molar-refractivity contribution in [2.24, 2.45) is 0 Å². The van der Waals surface area contributed by atoms with Crippen LogP contribution in [-0.4, -0.2) is 34.9 Å². The molecule has 0 radical (unpaired) electrons. The number of nitrogens with one attached hydrogen (secondary N) is 2. The highest BCUT2D eigenvalue weighted by molar-refractivity contribution is 5.86. The van der Waals surface area contributed by atoms with Gasteiger partial charge in [0.2, 0.25) is 5.54 Å². The van der Waals surface area contributed by atoms with Crippen LogP contribution in [0.3, 0.4) is 0 Å². The van der Waals surface area contributed by atoms with E-state index in [2.05, 4.69) is 5.32 Å². The van der Waals surface area contributed by atoms with E-state index in [1.165, 1.54) is 5.32 Å². The predicted molar refractivity (Wildman–Crippen MR) is 46.8 cm³/mol. The molecule has 16 heavy (non-hydrogen) atoms. The number of halogens is 3. The maximum Gasteiger partial charge on any atom is 0.422 e. The molecule has 0 aromatic heterocycles. The van der Waals surface area contributed by atoms with Crippen LogP contribution in [0.15, 0.2) is 0 Å². The van der Waals surface area contributed by atoms with Crippen LogP contribution >= 0.6 is 0 Å². The molecule has 0 spiro atoms. The Balaban J connectivity index is 2.70. The zero-order valence-electron chi connectivity index (χ0n) is 8.39. The van der Waals surface area contributed by atoms with Gasteiger partial charge in [0.15, 0.2) is 0 Å². The van der Waals surface area contributed by atoms with Crippen LogP contribution in [0, 0.1) is 0 Å². The first-order chi connectivity index (χ1) is 7.17. The van der Waals surface area contributed by atoms with Crippen LogP contribution in [0.25, 0.3) is 0 Å². The van der Waals surface area contributed by atoms with Gasteiger partial charge in [-0.2, -0.15) is 13.2 Å². The van der Waals surface area contributed by atoms with Crippen LogP contribution in [-0.2, 0) is 4.79 Å². The van der Waals surface area contributed by atoms with Gasteiger partial charge in [-0.05, 0) is 19.8 Å². The SMILES string of the molecule is CC(NC(=O)NC1CC1)(C(=O)O)C(F)(F)F. The maximum absolute atomic E-state index is 12.4. The predicted octanol–water partition coefficient (Wildman–Crippen LogP) is 0.854. The fraction of sp³-hybridized carbons (Fsp3) is 0.750. The molecule has 0 aliphatic heterocycles. The summed E-state index contributed by atoms with van der Waals surface area (Å²) in [5, 5.41) is 12.2. The van der Waals surface area contributed by atoms with E-state index < -0.39 is 23.7 Å². The van der Waals surface area contributed by atoms with Crippen molar-refractivity contribution in [3.05, 3.63) is 0 Å². The van der Waals surface area contributed by atoms with Crippen molar-refractivity contribution in [3.63, 3.8) is 0 Å². The minimum atomic E-state index is -5.06. The van der Waals surface area contributed by atoms with E-state index in [9.17, 15) is 22.8 Å². The van der Waals surface area contributed by atoms with Crippen molar-refractivity contribution in [1.29, 1.82) is 0 Å². The average Bonchev–Trinajstić information content (AvgIpc) is 2.85. The molecule has 1 atom stereocenters. The number of carbonyl (C=O) groups is 2. The number of carbonyl (C=O) groups excluding carboxylic acids is 1. The summed E-state index contributed by atoms with van der Waals surface area (Å²) < 4.78 is 37.3. The summed E-state index contributed by atoms with van der Waals surface area (Å²) in [6, 6.07) is -1.27. The van der Waals surface area contributed by atoms with Gasteiger partial charge in [0, 0.05) is 6.04 Å². The Morgan fingerprint density at radius 1 is 1.31 bits per heavy atom. The van der Waals surface area contributed by atoms with E-state index in [-0.39, 0.29) is 6.04 Å². The van der Waals surface area contributed by atoms with E-state index in [0.29, 0.717) is 19.8 Å².